The van der Waals surface area contributed by atoms with E-state index in [1.807, 2.05) is 24.3 Å². The predicted molar refractivity (Wildman–Crippen MR) is 124 cm³/mol. The van der Waals surface area contributed by atoms with E-state index in [2.05, 4.69) is 46.9 Å². The van der Waals surface area contributed by atoms with Gasteiger partial charge in [-0.05, 0) is 67.5 Å². The molecule has 1 fully saturated rings. The average Bonchev–Trinajstić information content (AvgIpc) is 2.82. The minimum Gasteiger partial charge on any atom is -0.494 e. The van der Waals surface area contributed by atoms with Crippen molar-refractivity contribution in [3.05, 3.63) is 65.5 Å². The van der Waals surface area contributed by atoms with Crippen molar-refractivity contribution in [2.45, 2.75) is 51.6 Å². The maximum atomic E-state index is 11.2. The van der Waals surface area contributed by atoms with Crippen molar-refractivity contribution in [2.24, 2.45) is 0 Å². The number of likely N-dealkylation sites (tertiary alicyclic amines) is 1. The molecule has 5 heteroatoms. The van der Waals surface area contributed by atoms with Gasteiger partial charge >= 0.3 is 0 Å². The average molecular weight is 420 g/mol. The molecule has 3 aromatic rings. The van der Waals surface area contributed by atoms with Crippen molar-refractivity contribution >= 4 is 11.0 Å². The number of hydrogen-bond donors (Lipinski definition) is 1. The van der Waals surface area contributed by atoms with Gasteiger partial charge in [0.15, 0.2) is 0 Å². The molecule has 1 aliphatic rings. The molecule has 1 N–H and O–H groups in total. The van der Waals surface area contributed by atoms with Gasteiger partial charge in [0, 0.05) is 19.6 Å². The number of para-hydroxylation sites is 2. The first-order chi connectivity index (χ1) is 15.1. The lowest BCUT2D eigenvalue weighted by molar-refractivity contribution is -0.0298. The predicted octanol–water partition coefficient (Wildman–Crippen LogP) is 4.51. The van der Waals surface area contributed by atoms with E-state index < -0.39 is 5.60 Å². The highest BCUT2D eigenvalue weighted by Gasteiger charge is 2.35. The fourth-order valence-electron chi connectivity index (χ4n) is 4.43. The molecule has 5 nitrogen and oxygen atoms in total. The summed E-state index contributed by atoms with van der Waals surface area (Å²) in [6.07, 6.45) is 6.18. The Labute approximate surface area is 185 Å². The fourth-order valence-corrected chi connectivity index (χ4v) is 4.43. The maximum absolute atomic E-state index is 11.2. The van der Waals surface area contributed by atoms with E-state index >= 15 is 0 Å². The van der Waals surface area contributed by atoms with Crippen molar-refractivity contribution in [3.63, 3.8) is 0 Å². The molecule has 0 amide bonds. The Kier molecular flexibility index (Phi) is 6.83. The van der Waals surface area contributed by atoms with Crippen molar-refractivity contribution < 1.29 is 9.84 Å². The van der Waals surface area contributed by atoms with Gasteiger partial charge in [-0.1, -0.05) is 32.0 Å². The Morgan fingerprint density at radius 2 is 1.74 bits per heavy atom. The number of rotatable bonds is 8. The summed E-state index contributed by atoms with van der Waals surface area (Å²) >= 11 is 0. The topological polar surface area (TPSA) is 58.5 Å². The van der Waals surface area contributed by atoms with Crippen LogP contribution in [-0.2, 0) is 18.4 Å². The van der Waals surface area contributed by atoms with Crippen LogP contribution in [0.5, 0.6) is 5.75 Å². The number of piperidine rings is 1. The number of nitrogens with zero attached hydrogens (tertiary/aromatic N) is 3. The number of hydrogen-bond acceptors (Lipinski definition) is 5. The van der Waals surface area contributed by atoms with E-state index in [-0.39, 0.29) is 0 Å². The molecular formula is C26H33N3O2. The molecule has 1 aromatic heterocycles. The maximum Gasteiger partial charge on any atom is 0.119 e. The normalized spacial score (nSPS) is 16.5. The first-order valence-corrected chi connectivity index (χ1v) is 11.5. The lowest BCUT2D eigenvalue weighted by atomic mass is 9.88. The Bertz CT molecular complexity index is 1010. The second-order valence-electron chi connectivity index (χ2n) is 8.46. The summed E-state index contributed by atoms with van der Waals surface area (Å²) in [5.74, 6) is 0.969. The number of ether oxygens (including phenoxy) is 1. The van der Waals surface area contributed by atoms with Crippen LogP contribution in [0.1, 0.15) is 49.9 Å². The SMILES string of the molecule is CCc1ccc(OCCCN2CCC(O)(c3cnc4ccccc4n3)CC2)cc1CC. The molecule has 0 bridgehead atoms. The van der Waals surface area contributed by atoms with E-state index in [9.17, 15) is 5.11 Å². The standard InChI is InChI=1S/C26H33N3O2/c1-3-20-10-11-22(18-21(20)4-2)31-17-7-14-29-15-12-26(30,13-16-29)25-19-27-23-8-5-6-9-24(23)28-25/h5-6,8-11,18-19,30H,3-4,7,12-17H2,1-2H3. The summed E-state index contributed by atoms with van der Waals surface area (Å²) < 4.78 is 6.00. The smallest absolute Gasteiger partial charge is 0.119 e. The third-order valence-corrected chi connectivity index (χ3v) is 6.44. The summed E-state index contributed by atoms with van der Waals surface area (Å²) in [6.45, 7) is 7.80. The van der Waals surface area contributed by atoms with Crippen LogP contribution in [0.4, 0.5) is 0 Å². The van der Waals surface area contributed by atoms with Crippen molar-refractivity contribution in [1.82, 2.24) is 14.9 Å². The van der Waals surface area contributed by atoms with Gasteiger partial charge in [-0.25, -0.2) is 4.98 Å². The van der Waals surface area contributed by atoms with Crippen molar-refractivity contribution in [2.75, 3.05) is 26.2 Å². The number of aliphatic hydroxyl groups is 1. The second kappa shape index (κ2) is 9.75. The van der Waals surface area contributed by atoms with Crippen LogP contribution in [0, 0.1) is 0 Å². The third kappa shape index (κ3) is 5.05. The van der Waals surface area contributed by atoms with E-state index in [4.69, 9.17) is 4.74 Å². The molecule has 2 aromatic carbocycles. The van der Waals surface area contributed by atoms with Crippen LogP contribution < -0.4 is 4.74 Å². The van der Waals surface area contributed by atoms with Crippen LogP contribution in [0.15, 0.2) is 48.7 Å². The van der Waals surface area contributed by atoms with E-state index in [1.54, 1.807) is 6.20 Å². The van der Waals surface area contributed by atoms with E-state index in [0.29, 0.717) is 25.1 Å². The van der Waals surface area contributed by atoms with Gasteiger partial charge in [-0.2, -0.15) is 0 Å². The zero-order chi connectivity index (χ0) is 21.7. The van der Waals surface area contributed by atoms with Crippen LogP contribution >= 0.6 is 0 Å². The van der Waals surface area contributed by atoms with Crippen LogP contribution in [0.25, 0.3) is 11.0 Å². The van der Waals surface area contributed by atoms with Gasteiger partial charge in [0.25, 0.3) is 0 Å². The molecule has 1 aliphatic heterocycles. The highest BCUT2D eigenvalue weighted by molar-refractivity contribution is 5.73. The van der Waals surface area contributed by atoms with E-state index in [0.717, 1.165) is 55.7 Å². The van der Waals surface area contributed by atoms with Gasteiger partial charge < -0.3 is 14.7 Å². The number of fused-ring (bicyclic) bond motifs is 1. The van der Waals surface area contributed by atoms with E-state index in [1.165, 1.54) is 11.1 Å². The van der Waals surface area contributed by atoms with Gasteiger partial charge in [-0.15, -0.1) is 0 Å². The highest BCUT2D eigenvalue weighted by atomic mass is 16.5. The van der Waals surface area contributed by atoms with Crippen molar-refractivity contribution in [3.8, 4) is 5.75 Å². The lowest BCUT2D eigenvalue weighted by Gasteiger charge is -2.37. The Morgan fingerprint density at radius 3 is 2.48 bits per heavy atom. The van der Waals surface area contributed by atoms with Crippen LogP contribution in [0.2, 0.25) is 0 Å². The first kappa shape index (κ1) is 21.7. The molecule has 31 heavy (non-hydrogen) atoms. The highest BCUT2D eigenvalue weighted by Crippen LogP contribution is 2.32. The van der Waals surface area contributed by atoms with Gasteiger partial charge in [0.1, 0.15) is 11.4 Å². The molecule has 0 saturated carbocycles. The molecular weight excluding hydrogens is 386 g/mol. The molecule has 0 atom stereocenters. The first-order valence-electron chi connectivity index (χ1n) is 11.5. The summed E-state index contributed by atoms with van der Waals surface area (Å²) in [5, 5.41) is 11.2. The largest absolute Gasteiger partial charge is 0.494 e. The van der Waals surface area contributed by atoms with Crippen LogP contribution in [-0.4, -0.2) is 46.2 Å². The van der Waals surface area contributed by atoms with Gasteiger partial charge in [0.05, 0.1) is 29.5 Å². The zero-order valence-corrected chi connectivity index (χ0v) is 18.7. The van der Waals surface area contributed by atoms with Crippen molar-refractivity contribution in [1.29, 1.82) is 0 Å². The summed E-state index contributed by atoms with van der Waals surface area (Å²) in [5.41, 5.74) is 4.30. The quantitative estimate of drug-likeness (QED) is 0.545. The van der Waals surface area contributed by atoms with Gasteiger partial charge in [-0.3, -0.25) is 4.98 Å². The second-order valence-corrected chi connectivity index (χ2v) is 8.46. The monoisotopic (exact) mass is 419 g/mol. The number of aromatic nitrogens is 2. The van der Waals surface area contributed by atoms with Gasteiger partial charge in [0.2, 0.25) is 0 Å². The molecule has 0 aliphatic carbocycles. The fraction of sp³-hybridized carbons (Fsp3) is 0.462. The molecule has 2 heterocycles. The zero-order valence-electron chi connectivity index (χ0n) is 18.7. The Balaban J connectivity index is 1.25. The molecule has 0 unspecified atom stereocenters. The lowest BCUT2D eigenvalue weighted by Crippen LogP contribution is -2.43. The molecule has 4 rings (SSSR count). The third-order valence-electron chi connectivity index (χ3n) is 6.44. The minimum atomic E-state index is -0.887. The molecule has 164 valence electrons. The Hall–Kier alpha value is -2.50. The Morgan fingerprint density at radius 1 is 1.00 bits per heavy atom. The molecule has 1 saturated heterocycles. The minimum absolute atomic E-state index is 0.680. The molecule has 0 spiro atoms. The number of benzene rings is 2. The molecule has 0 radical (unpaired) electrons. The summed E-state index contributed by atoms with van der Waals surface area (Å²) in [6, 6.07) is 14.3. The summed E-state index contributed by atoms with van der Waals surface area (Å²) in [4.78, 5) is 11.6. The number of aryl methyl sites for hydroxylation is 2. The summed E-state index contributed by atoms with van der Waals surface area (Å²) in [7, 11) is 0. The van der Waals surface area contributed by atoms with Crippen LogP contribution in [0.3, 0.4) is 0 Å².